The first-order valence-electron chi connectivity index (χ1n) is 6.58. The number of halogens is 1. The molecule has 2 aromatic carbocycles. The van der Waals surface area contributed by atoms with Crippen molar-refractivity contribution in [2.75, 3.05) is 0 Å². The summed E-state index contributed by atoms with van der Waals surface area (Å²) in [7, 11) is 0. The van der Waals surface area contributed by atoms with Crippen LogP contribution in [0.1, 0.15) is 43.1 Å². The quantitative estimate of drug-likeness (QED) is 0.544. The van der Waals surface area contributed by atoms with Gasteiger partial charge in [0.15, 0.2) is 11.6 Å². The molecule has 0 heterocycles. The van der Waals surface area contributed by atoms with Crippen molar-refractivity contribution < 1.29 is 9.59 Å². The van der Waals surface area contributed by atoms with E-state index in [0.29, 0.717) is 17.5 Å². The second-order valence-electron chi connectivity index (χ2n) is 5.37. The maximum absolute atomic E-state index is 12.9. The average Bonchev–Trinajstić information content (AvgIpc) is 2.90. The van der Waals surface area contributed by atoms with Gasteiger partial charge in [0.05, 0.1) is 0 Å². The van der Waals surface area contributed by atoms with Crippen molar-refractivity contribution in [3.63, 3.8) is 0 Å². The maximum Gasteiger partial charge on any atom is 0.181 e. The second-order valence-corrected chi connectivity index (χ2v) is 6.47. The molecule has 1 atom stereocenters. The Labute approximate surface area is 124 Å². The standard InChI is InChI=1S/C17H11BrO2/c18-14-9-17(13-8-4-3-7-12(13)14)15(19)10-5-1-2-6-11(10)16(17)20/h1-8,14H,9H2. The van der Waals surface area contributed by atoms with Crippen molar-refractivity contribution >= 4 is 27.5 Å². The van der Waals surface area contributed by atoms with Crippen LogP contribution in [0.2, 0.25) is 0 Å². The van der Waals surface area contributed by atoms with Crippen LogP contribution in [0.4, 0.5) is 0 Å². The molecule has 2 nitrogen and oxygen atoms in total. The lowest BCUT2D eigenvalue weighted by atomic mass is 9.77. The van der Waals surface area contributed by atoms with E-state index in [1.165, 1.54) is 0 Å². The third-order valence-electron chi connectivity index (χ3n) is 4.43. The fourth-order valence-electron chi connectivity index (χ4n) is 3.52. The maximum atomic E-state index is 12.9. The van der Waals surface area contributed by atoms with E-state index < -0.39 is 5.41 Å². The molecule has 2 aliphatic carbocycles. The van der Waals surface area contributed by atoms with E-state index in [9.17, 15) is 9.59 Å². The van der Waals surface area contributed by atoms with Gasteiger partial charge in [-0.05, 0) is 17.5 Å². The van der Waals surface area contributed by atoms with Gasteiger partial charge in [0.25, 0.3) is 0 Å². The number of Topliss-reactive ketones (excluding diaryl/α,β-unsaturated/α-hetero) is 2. The highest BCUT2D eigenvalue weighted by Crippen LogP contribution is 2.54. The molecule has 0 N–H and O–H groups in total. The zero-order valence-corrected chi connectivity index (χ0v) is 12.2. The van der Waals surface area contributed by atoms with Crippen LogP contribution >= 0.6 is 15.9 Å². The first kappa shape index (κ1) is 12.0. The van der Waals surface area contributed by atoms with Crippen LogP contribution < -0.4 is 0 Å². The lowest BCUT2D eigenvalue weighted by Gasteiger charge is -2.20. The predicted molar refractivity (Wildman–Crippen MR) is 79.5 cm³/mol. The van der Waals surface area contributed by atoms with Gasteiger partial charge in [0.1, 0.15) is 5.41 Å². The summed E-state index contributed by atoms with van der Waals surface area (Å²) in [6, 6.07) is 14.9. The molecule has 0 aliphatic heterocycles. The summed E-state index contributed by atoms with van der Waals surface area (Å²) in [6.45, 7) is 0. The Bertz CT molecular complexity index is 728. The molecule has 2 aromatic rings. The number of carbonyl (C=O) groups is 2. The third-order valence-corrected chi connectivity index (χ3v) is 5.25. The van der Waals surface area contributed by atoms with E-state index in [-0.39, 0.29) is 16.4 Å². The van der Waals surface area contributed by atoms with Gasteiger partial charge < -0.3 is 0 Å². The molecule has 1 spiro atoms. The first-order chi connectivity index (χ1) is 9.66. The van der Waals surface area contributed by atoms with Gasteiger partial charge >= 0.3 is 0 Å². The highest BCUT2D eigenvalue weighted by molar-refractivity contribution is 9.09. The topological polar surface area (TPSA) is 34.1 Å². The molecule has 98 valence electrons. The normalized spacial score (nSPS) is 22.1. The van der Waals surface area contributed by atoms with Crippen molar-refractivity contribution in [1.29, 1.82) is 0 Å². The highest BCUT2D eigenvalue weighted by Gasteiger charge is 2.58. The lowest BCUT2D eigenvalue weighted by molar-refractivity contribution is 0.0794. The molecule has 0 aromatic heterocycles. The van der Waals surface area contributed by atoms with Crippen LogP contribution in [0, 0.1) is 0 Å². The zero-order valence-electron chi connectivity index (χ0n) is 10.6. The van der Waals surface area contributed by atoms with Gasteiger partial charge in [-0.2, -0.15) is 0 Å². The van der Waals surface area contributed by atoms with Crippen molar-refractivity contribution in [2.45, 2.75) is 16.7 Å². The SMILES string of the molecule is O=C1c2ccccc2C(=O)C12CC(Br)c1ccccc12. The molecule has 0 saturated carbocycles. The van der Waals surface area contributed by atoms with Crippen molar-refractivity contribution in [2.24, 2.45) is 0 Å². The van der Waals surface area contributed by atoms with Crippen LogP contribution in [0.5, 0.6) is 0 Å². The molecule has 0 bridgehead atoms. The number of hydrogen-bond donors (Lipinski definition) is 0. The summed E-state index contributed by atoms with van der Waals surface area (Å²) < 4.78 is 0. The molecule has 1 unspecified atom stereocenters. The Kier molecular flexibility index (Phi) is 2.34. The molecule has 0 amide bonds. The minimum atomic E-state index is -1.01. The minimum absolute atomic E-state index is 0.0486. The van der Waals surface area contributed by atoms with E-state index in [1.54, 1.807) is 12.1 Å². The van der Waals surface area contributed by atoms with Crippen LogP contribution in [0.15, 0.2) is 48.5 Å². The van der Waals surface area contributed by atoms with Crippen molar-refractivity contribution in [1.82, 2.24) is 0 Å². The lowest BCUT2D eigenvalue weighted by Crippen LogP contribution is -2.35. The minimum Gasteiger partial charge on any atom is -0.293 e. The molecule has 4 rings (SSSR count). The van der Waals surface area contributed by atoms with Crippen molar-refractivity contribution in [3.8, 4) is 0 Å². The number of carbonyl (C=O) groups excluding carboxylic acids is 2. The number of alkyl halides is 1. The molecule has 0 fully saturated rings. The van der Waals surface area contributed by atoms with Crippen LogP contribution in [0.3, 0.4) is 0 Å². The van der Waals surface area contributed by atoms with Gasteiger partial charge in [0, 0.05) is 16.0 Å². The number of benzene rings is 2. The highest BCUT2D eigenvalue weighted by atomic mass is 79.9. The van der Waals surface area contributed by atoms with E-state index in [0.717, 1.165) is 11.1 Å². The average molecular weight is 327 g/mol. The van der Waals surface area contributed by atoms with Gasteiger partial charge in [0.2, 0.25) is 0 Å². The van der Waals surface area contributed by atoms with E-state index in [1.807, 2.05) is 36.4 Å². The van der Waals surface area contributed by atoms with Gasteiger partial charge in [-0.15, -0.1) is 0 Å². The van der Waals surface area contributed by atoms with Crippen molar-refractivity contribution in [3.05, 3.63) is 70.8 Å². The van der Waals surface area contributed by atoms with E-state index in [4.69, 9.17) is 0 Å². The number of ketones is 2. The Hall–Kier alpha value is -1.74. The zero-order chi connectivity index (χ0) is 13.9. The molecule has 3 heteroatoms. The number of hydrogen-bond acceptors (Lipinski definition) is 2. The summed E-state index contributed by atoms with van der Waals surface area (Å²) in [4.78, 5) is 25.9. The smallest absolute Gasteiger partial charge is 0.181 e. The number of rotatable bonds is 0. The van der Waals surface area contributed by atoms with Crippen LogP contribution in [-0.4, -0.2) is 11.6 Å². The number of fused-ring (bicyclic) bond motifs is 3. The molecule has 0 radical (unpaired) electrons. The molecular weight excluding hydrogens is 316 g/mol. The Morgan fingerprint density at radius 1 is 0.900 bits per heavy atom. The molecular formula is C17H11BrO2. The Morgan fingerprint density at radius 2 is 1.45 bits per heavy atom. The van der Waals surface area contributed by atoms with Gasteiger partial charge in [-0.1, -0.05) is 64.5 Å². The van der Waals surface area contributed by atoms with Gasteiger partial charge in [-0.3, -0.25) is 9.59 Å². The third kappa shape index (κ3) is 1.24. The summed E-state index contributed by atoms with van der Waals surface area (Å²) in [5.41, 5.74) is 2.05. The summed E-state index contributed by atoms with van der Waals surface area (Å²) in [6.07, 6.45) is 0.513. The fraction of sp³-hybridized carbons (Fsp3) is 0.176. The monoisotopic (exact) mass is 326 g/mol. The first-order valence-corrected chi connectivity index (χ1v) is 7.50. The largest absolute Gasteiger partial charge is 0.293 e. The Morgan fingerprint density at radius 3 is 2.10 bits per heavy atom. The van der Waals surface area contributed by atoms with E-state index in [2.05, 4.69) is 15.9 Å². The van der Waals surface area contributed by atoms with Crippen LogP contribution in [-0.2, 0) is 5.41 Å². The summed E-state index contributed by atoms with van der Waals surface area (Å²) in [5, 5.41) is 0. The van der Waals surface area contributed by atoms with E-state index >= 15 is 0 Å². The predicted octanol–water partition coefficient (Wildman–Crippen LogP) is 3.84. The van der Waals surface area contributed by atoms with Crippen LogP contribution in [0.25, 0.3) is 0 Å². The van der Waals surface area contributed by atoms with Gasteiger partial charge in [-0.25, -0.2) is 0 Å². The summed E-state index contributed by atoms with van der Waals surface area (Å²) in [5.74, 6) is -0.0972. The fourth-order valence-corrected chi connectivity index (χ4v) is 4.40. The second kappa shape index (κ2) is 3.89. The summed E-state index contributed by atoms with van der Waals surface area (Å²) >= 11 is 3.62. The Balaban J connectivity index is 2.02. The molecule has 2 aliphatic rings. The molecule has 20 heavy (non-hydrogen) atoms. The molecule has 0 saturated heterocycles.